The molecule has 0 amide bonds. The van der Waals surface area contributed by atoms with Crippen LogP contribution in [0.25, 0.3) is 0 Å². The maximum Gasteiger partial charge on any atom is 0.149 e. The Hall–Kier alpha value is -0.550. The fourth-order valence-electron chi connectivity index (χ4n) is 3.46. The molecule has 0 aromatic carbocycles. The maximum absolute atomic E-state index is 13.4. The van der Waals surface area contributed by atoms with Crippen molar-refractivity contribution >= 4 is 7.14 Å². The molecule has 29 heavy (non-hydrogen) atoms. The van der Waals surface area contributed by atoms with Gasteiger partial charge in [0.15, 0.2) is 0 Å². The van der Waals surface area contributed by atoms with E-state index in [1.807, 2.05) is 17.5 Å². The van der Waals surface area contributed by atoms with Gasteiger partial charge in [-0.25, -0.2) is 0 Å². The van der Waals surface area contributed by atoms with Gasteiger partial charge in [-0.3, -0.25) is 0 Å². The van der Waals surface area contributed by atoms with E-state index in [1.54, 1.807) is 0 Å². The van der Waals surface area contributed by atoms with Crippen LogP contribution in [0.2, 0.25) is 0 Å². The molecule has 0 aromatic rings. The van der Waals surface area contributed by atoms with E-state index in [-0.39, 0.29) is 0 Å². The van der Waals surface area contributed by atoms with Crippen LogP contribution in [0.4, 0.5) is 0 Å². The Bertz CT molecular complexity index is 395. The fourth-order valence-corrected chi connectivity index (χ4v) is 5.20. The van der Waals surface area contributed by atoms with Gasteiger partial charge in [-0.1, -0.05) is 116 Å². The number of hydrogen-bond acceptors (Lipinski definition) is 1. The molecule has 2 heteroatoms. The second kappa shape index (κ2) is 22.1. The van der Waals surface area contributed by atoms with E-state index in [2.05, 4.69) is 39.0 Å². The van der Waals surface area contributed by atoms with Crippen LogP contribution in [-0.2, 0) is 4.57 Å². The van der Waals surface area contributed by atoms with Crippen molar-refractivity contribution in [2.24, 2.45) is 0 Å². The quantitative estimate of drug-likeness (QED) is 0.133. The molecule has 170 valence electrons. The van der Waals surface area contributed by atoms with E-state index in [1.165, 1.54) is 96.3 Å². The summed E-state index contributed by atoms with van der Waals surface area (Å²) >= 11 is 0. The van der Waals surface area contributed by atoms with Crippen molar-refractivity contribution < 1.29 is 4.57 Å². The molecule has 0 atom stereocenters. The van der Waals surface area contributed by atoms with Crippen molar-refractivity contribution in [3.05, 3.63) is 35.7 Å². The lowest BCUT2D eigenvalue weighted by molar-refractivity contribution is 0.590. The van der Waals surface area contributed by atoms with Crippen molar-refractivity contribution in [2.45, 2.75) is 136 Å². The van der Waals surface area contributed by atoms with E-state index in [9.17, 15) is 4.57 Å². The molecule has 0 saturated carbocycles. The molecule has 0 aliphatic rings. The molecular weight excluding hydrogens is 371 g/mol. The predicted octanol–water partition coefficient (Wildman–Crippen LogP) is 11.0. The second-order valence-corrected chi connectivity index (χ2v) is 10.9. The third-order valence-electron chi connectivity index (χ3n) is 5.44. The zero-order valence-electron chi connectivity index (χ0n) is 20.0. The molecular formula is C27H51OP. The Morgan fingerprint density at radius 2 is 0.724 bits per heavy atom. The highest BCUT2D eigenvalue weighted by atomic mass is 31.2. The smallest absolute Gasteiger partial charge is 0.149 e. The Morgan fingerprint density at radius 1 is 0.448 bits per heavy atom. The van der Waals surface area contributed by atoms with Gasteiger partial charge in [0.05, 0.1) is 0 Å². The molecule has 0 radical (unpaired) electrons. The van der Waals surface area contributed by atoms with Crippen LogP contribution in [0.1, 0.15) is 136 Å². The van der Waals surface area contributed by atoms with Crippen LogP contribution in [0.3, 0.4) is 0 Å². The zero-order chi connectivity index (χ0) is 21.5. The summed E-state index contributed by atoms with van der Waals surface area (Å²) in [7, 11) is -2.45. The molecule has 0 N–H and O–H groups in total. The van der Waals surface area contributed by atoms with Crippen molar-refractivity contribution in [1.29, 1.82) is 0 Å². The molecule has 0 bridgehead atoms. The SMILES string of the molecule is CCCCCCCC=CP(=O)(C=CCCCCCCC)C=CCCCCCCC. The fraction of sp³-hybridized carbons (Fsp3) is 0.778. The van der Waals surface area contributed by atoms with Crippen LogP contribution < -0.4 is 0 Å². The van der Waals surface area contributed by atoms with E-state index in [0.717, 1.165) is 19.3 Å². The molecule has 0 saturated heterocycles. The number of rotatable bonds is 21. The summed E-state index contributed by atoms with van der Waals surface area (Å²) in [6.45, 7) is 6.76. The van der Waals surface area contributed by atoms with E-state index in [0.29, 0.717) is 0 Å². The number of allylic oxidation sites excluding steroid dienone is 3. The Balaban J connectivity index is 4.45. The van der Waals surface area contributed by atoms with Gasteiger partial charge >= 0.3 is 0 Å². The van der Waals surface area contributed by atoms with Gasteiger partial charge in [-0.2, -0.15) is 0 Å². The first kappa shape index (κ1) is 28.5. The minimum Gasteiger partial charge on any atom is -0.311 e. The van der Waals surface area contributed by atoms with Crippen LogP contribution in [-0.4, -0.2) is 0 Å². The van der Waals surface area contributed by atoms with Gasteiger partial charge < -0.3 is 4.57 Å². The molecule has 0 unspecified atom stereocenters. The first-order chi connectivity index (χ1) is 14.2. The van der Waals surface area contributed by atoms with E-state index in [4.69, 9.17) is 0 Å². The average molecular weight is 423 g/mol. The summed E-state index contributed by atoms with van der Waals surface area (Å²) in [4.78, 5) is 0. The summed E-state index contributed by atoms with van der Waals surface area (Å²) < 4.78 is 13.4. The van der Waals surface area contributed by atoms with Crippen molar-refractivity contribution in [1.82, 2.24) is 0 Å². The first-order valence-electron chi connectivity index (χ1n) is 12.8. The molecule has 1 nitrogen and oxygen atoms in total. The monoisotopic (exact) mass is 422 g/mol. The Labute approximate surface area is 183 Å². The highest BCUT2D eigenvalue weighted by Gasteiger charge is 2.08. The lowest BCUT2D eigenvalue weighted by atomic mass is 10.1. The minimum absolute atomic E-state index is 1.06. The topological polar surface area (TPSA) is 17.1 Å². The highest BCUT2D eigenvalue weighted by molar-refractivity contribution is 7.73. The van der Waals surface area contributed by atoms with Gasteiger partial charge in [0.2, 0.25) is 0 Å². The molecule has 0 fully saturated rings. The van der Waals surface area contributed by atoms with Gasteiger partial charge in [0, 0.05) is 0 Å². The Morgan fingerprint density at radius 3 is 1.00 bits per heavy atom. The van der Waals surface area contributed by atoms with E-state index >= 15 is 0 Å². The zero-order valence-corrected chi connectivity index (χ0v) is 20.9. The third kappa shape index (κ3) is 20.5. The number of hydrogen-bond donors (Lipinski definition) is 0. The van der Waals surface area contributed by atoms with Gasteiger partial charge in [0.1, 0.15) is 7.14 Å². The van der Waals surface area contributed by atoms with Crippen LogP contribution in [0.15, 0.2) is 35.7 Å². The normalized spacial score (nSPS) is 14.4. The minimum atomic E-state index is -2.45. The average Bonchev–Trinajstić information content (AvgIpc) is 2.72. The molecule has 0 spiro atoms. The summed E-state index contributed by atoms with van der Waals surface area (Å²) in [6, 6.07) is 0. The van der Waals surface area contributed by atoms with Crippen molar-refractivity contribution in [3.8, 4) is 0 Å². The van der Waals surface area contributed by atoms with Gasteiger partial charge in [-0.15, -0.1) is 0 Å². The molecule has 0 rings (SSSR count). The second-order valence-electron chi connectivity index (χ2n) is 8.53. The summed E-state index contributed by atoms with van der Waals surface area (Å²) in [5.74, 6) is 6.02. The lowest BCUT2D eigenvalue weighted by Crippen LogP contribution is -1.78. The summed E-state index contributed by atoms with van der Waals surface area (Å²) in [6.07, 6.45) is 29.1. The van der Waals surface area contributed by atoms with Crippen LogP contribution in [0.5, 0.6) is 0 Å². The molecule has 0 aromatic heterocycles. The lowest BCUT2D eigenvalue weighted by Gasteiger charge is -2.05. The predicted molar refractivity (Wildman–Crippen MR) is 135 cm³/mol. The summed E-state index contributed by atoms with van der Waals surface area (Å²) in [5.41, 5.74) is 0. The van der Waals surface area contributed by atoms with Crippen LogP contribution >= 0.6 is 7.14 Å². The van der Waals surface area contributed by atoms with Crippen molar-refractivity contribution in [2.75, 3.05) is 0 Å². The Kier molecular flexibility index (Phi) is 21.7. The highest BCUT2D eigenvalue weighted by Crippen LogP contribution is 2.51. The molecule has 0 heterocycles. The third-order valence-corrected chi connectivity index (χ3v) is 7.47. The standard InChI is InChI=1S/C27H51OP/c1-4-7-10-13-16-19-22-25-29(28,26-23-20-17-14-11-8-5-2)27-24-21-18-15-12-9-6-3/h22-27H,4-21H2,1-3H3. The van der Waals surface area contributed by atoms with Gasteiger partial charge in [-0.05, 0) is 56.0 Å². The molecule has 0 aliphatic carbocycles. The number of unbranched alkanes of at least 4 members (excludes halogenated alkanes) is 15. The van der Waals surface area contributed by atoms with E-state index < -0.39 is 7.14 Å². The van der Waals surface area contributed by atoms with Crippen LogP contribution in [0, 0.1) is 0 Å². The maximum atomic E-state index is 13.4. The van der Waals surface area contributed by atoms with Crippen molar-refractivity contribution in [3.63, 3.8) is 0 Å². The largest absolute Gasteiger partial charge is 0.311 e. The first-order valence-corrected chi connectivity index (χ1v) is 14.7. The molecule has 0 aliphatic heterocycles. The van der Waals surface area contributed by atoms with Gasteiger partial charge in [0.25, 0.3) is 0 Å². The summed E-state index contributed by atoms with van der Waals surface area (Å²) in [5, 5.41) is 0.